The molecular weight excluding hydrogens is 148 g/mol. The zero-order chi connectivity index (χ0) is 8.72. The molecule has 2 bridgehead atoms. The van der Waals surface area contributed by atoms with E-state index in [4.69, 9.17) is 0 Å². The molecule has 2 aliphatic carbocycles. The molecule has 68 valence electrons. The Labute approximate surface area is 74.5 Å². The van der Waals surface area contributed by atoms with Gasteiger partial charge in [-0.25, -0.2) is 0 Å². The Morgan fingerprint density at radius 2 is 1.67 bits per heavy atom. The third-order valence-corrected chi connectivity index (χ3v) is 3.79. The van der Waals surface area contributed by atoms with Crippen LogP contribution in [-0.4, -0.2) is 5.78 Å². The fourth-order valence-corrected chi connectivity index (χ4v) is 2.86. The minimum atomic E-state index is 0.455. The highest BCUT2D eigenvalue weighted by atomic mass is 16.1. The van der Waals surface area contributed by atoms with Crippen LogP contribution in [0.2, 0.25) is 0 Å². The number of carbonyl (C=O) groups excluding carboxylic acids is 1. The monoisotopic (exact) mass is 166 g/mol. The summed E-state index contributed by atoms with van der Waals surface area (Å²) < 4.78 is 0. The van der Waals surface area contributed by atoms with Crippen LogP contribution in [-0.2, 0) is 4.79 Å². The molecule has 0 N–H and O–H groups in total. The molecule has 2 fully saturated rings. The lowest BCUT2D eigenvalue weighted by Crippen LogP contribution is -2.28. The fourth-order valence-electron chi connectivity index (χ4n) is 2.86. The van der Waals surface area contributed by atoms with E-state index >= 15 is 0 Å². The molecule has 0 saturated heterocycles. The number of fused-ring (bicyclic) bond motifs is 2. The van der Waals surface area contributed by atoms with Gasteiger partial charge in [0.2, 0.25) is 0 Å². The molecule has 2 atom stereocenters. The van der Waals surface area contributed by atoms with Crippen LogP contribution >= 0.6 is 0 Å². The molecule has 0 amide bonds. The quantitative estimate of drug-likeness (QED) is 0.585. The molecule has 12 heavy (non-hydrogen) atoms. The summed E-state index contributed by atoms with van der Waals surface area (Å²) in [6, 6.07) is 0. The molecule has 1 nitrogen and oxygen atoms in total. The highest BCUT2D eigenvalue weighted by molar-refractivity contribution is 5.86. The molecule has 0 radical (unpaired) electrons. The first-order valence-electron chi connectivity index (χ1n) is 5.22. The maximum atomic E-state index is 11.6. The van der Waals surface area contributed by atoms with Gasteiger partial charge in [0, 0.05) is 11.8 Å². The second-order valence-corrected chi connectivity index (χ2v) is 4.85. The van der Waals surface area contributed by atoms with E-state index in [0.717, 1.165) is 11.8 Å². The van der Waals surface area contributed by atoms with E-state index in [0.29, 0.717) is 17.6 Å². The number of hydrogen-bond acceptors (Lipinski definition) is 1. The first-order chi connectivity index (χ1) is 5.68. The van der Waals surface area contributed by atoms with Crippen LogP contribution in [0.25, 0.3) is 0 Å². The largest absolute Gasteiger partial charge is 0.299 e. The standard InChI is InChI=1S/C11H18O/c1-7(2)10-5-8-3-4-9(6-10)11(8)12/h7-10H,3-6H2,1-2H3. The molecule has 0 aromatic heterocycles. The van der Waals surface area contributed by atoms with Crippen LogP contribution in [0.3, 0.4) is 0 Å². The summed E-state index contributed by atoms with van der Waals surface area (Å²) in [6.07, 6.45) is 4.75. The lowest BCUT2D eigenvalue weighted by Gasteiger charge is -2.29. The van der Waals surface area contributed by atoms with Crippen molar-refractivity contribution in [1.82, 2.24) is 0 Å². The van der Waals surface area contributed by atoms with Crippen molar-refractivity contribution in [2.24, 2.45) is 23.7 Å². The first kappa shape index (κ1) is 8.28. The van der Waals surface area contributed by atoms with Crippen molar-refractivity contribution >= 4 is 5.78 Å². The topological polar surface area (TPSA) is 17.1 Å². The highest BCUT2D eigenvalue weighted by Gasteiger charge is 2.41. The van der Waals surface area contributed by atoms with E-state index in [2.05, 4.69) is 13.8 Å². The SMILES string of the molecule is CC(C)C1CC2CCC(C1)C2=O. The zero-order valence-electron chi connectivity index (χ0n) is 8.05. The first-order valence-corrected chi connectivity index (χ1v) is 5.22. The maximum absolute atomic E-state index is 11.6. The summed E-state index contributed by atoms with van der Waals surface area (Å²) >= 11 is 0. The second kappa shape index (κ2) is 2.86. The van der Waals surface area contributed by atoms with Gasteiger partial charge >= 0.3 is 0 Å². The smallest absolute Gasteiger partial charge is 0.139 e. The van der Waals surface area contributed by atoms with Crippen LogP contribution in [0.5, 0.6) is 0 Å². The van der Waals surface area contributed by atoms with Gasteiger partial charge in [-0.2, -0.15) is 0 Å². The van der Waals surface area contributed by atoms with Crippen molar-refractivity contribution in [2.75, 3.05) is 0 Å². The van der Waals surface area contributed by atoms with E-state index in [1.54, 1.807) is 0 Å². The summed E-state index contributed by atoms with van der Waals surface area (Å²) in [5.74, 6) is 3.11. The van der Waals surface area contributed by atoms with Gasteiger partial charge in [-0.15, -0.1) is 0 Å². The molecular formula is C11H18O. The van der Waals surface area contributed by atoms with Crippen LogP contribution in [0, 0.1) is 23.7 Å². The predicted octanol–water partition coefficient (Wildman–Crippen LogP) is 2.65. The van der Waals surface area contributed by atoms with Gasteiger partial charge in [-0.1, -0.05) is 13.8 Å². The number of rotatable bonds is 1. The molecule has 0 heterocycles. The van der Waals surface area contributed by atoms with Gasteiger partial charge in [-0.05, 0) is 37.5 Å². The molecule has 2 rings (SSSR count). The van der Waals surface area contributed by atoms with Crippen molar-refractivity contribution in [1.29, 1.82) is 0 Å². The minimum Gasteiger partial charge on any atom is -0.299 e. The van der Waals surface area contributed by atoms with Crippen molar-refractivity contribution in [3.8, 4) is 0 Å². The van der Waals surface area contributed by atoms with E-state index in [1.165, 1.54) is 25.7 Å². The summed E-state index contributed by atoms with van der Waals surface area (Å²) in [5.41, 5.74) is 0. The van der Waals surface area contributed by atoms with Crippen LogP contribution in [0.1, 0.15) is 39.5 Å². The summed E-state index contributed by atoms with van der Waals surface area (Å²) in [5, 5.41) is 0. The summed E-state index contributed by atoms with van der Waals surface area (Å²) in [4.78, 5) is 11.6. The molecule has 1 heteroatoms. The second-order valence-electron chi connectivity index (χ2n) is 4.85. The van der Waals surface area contributed by atoms with Crippen LogP contribution < -0.4 is 0 Å². The van der Waals surface area contributed by atoms with Gasteiger partial charge in [-0.3, -0.25) is 4.79 Å². The lowest BCUT2D eigenvalue weighted by molar-refractivity contribution is -0.127. The van der Waals surface area contributed by atoms with E-state index in [-0.39, 0.29) is 0 Å². The van der Waals surface area contributed by atoms with Gasteiger partial charge in [0.1, 0.15) is 5.78 Å². The molecule has 0 aromatic rings. The van der Waals surface area contributed by atoms with E-state index < -0.39 is 0 Å². The van der Waals surface area contributed by atoms with Crippen LogP contribution in [0.15, 0.2) is 0 Å². The van der Waals surface area contributed by atoms with Gasteiger partial charge in [0.25, 0.3) is 0 Å². The molecule has 0 spiro atoms. The van der Waals surface area contributed by atoms with Gasteiger partial charge < -0.3 is 0 Å². The highest BCUT2D eigenvalue weighted by Crippen LogP contribution is 2.44. The lowest BCUT2D eigenvalue weighted by atomic mass is 9.75. The van der Waals surface area contributed by atoms with Crippen molar-refractivity contribution in [2.45, 2.75) is 39.5 Å². The minimum absolute atomic E-state index is 0.455. The number of Topliss-reactive ketones (excluding diaryl/α,β-unsaturated/α-hetero) is 1. The Balaban J connectivity index is 2.07. The Kier molecular flexibility index (Phi) is 1.97. The van der Waals surface area contributed by atoms with E-state index in [1.807, 2.05) is 0 Å². The zero-order valence-corrected chi connectivity index (χ0v) is 8.05. The predicted molar refractivity (Wildman–Crippen MR) is 48.8 cm³/mol. The van der Waals surface area contributed by atoms with Crippen LogP contribution in [0.4, 0.5) is 0 Å². The molecule has 0 aliphatic heterocycles. The Hall–Kier alpha value is -0.330. The third kappa shape index (κ3) is 1.19. The molecule has 2 saturated carbocycles. The number of carbonyl (C=O) groups is 1. The van der Waals surface area contributed by atoms with Crippen molar-refractivity contribution in [3.05, 3.63) is 0 Å². The van der Waals surface area contributed by atoms with Crippen molar-refractivity contribution < 1.29 is 4.79 Å². The number of ketones is 1. The maximum Gasteiger partial charge on any atom is 0.139 e. The fraction of sp³-hybridized carbons (Fsp3) is 0.909. The Bertz CT molecular complexity index is 179. The normalized spacial score (nSPS) is 40.9. The molecule has 0 aromatic carbocycles. The average Bonchev–Trinajstić information content (AvgIpc) is 2.30. The third-order valence-electron chi connectivity index (χ3n) is 3.79. The van der Waals surface area contributed by atoms with Gasteiger partial charge in [0.05, 0.1) is 0 Å². The average molecular weight is 166 g/mol. The summed E-state index contributed by atoms with van der Waals surface area (Å²) in [6.45, 7) is 4.58. The van der Waals surface area contributed by atoms with E-state index in [9.17, 15) is 4.79 Å². The molecule has 2 aliphatic rings. The molecule has 2 unspecified atom stereocenters. The summed E-state index contributed by atoms with van der Waals surface area (Å²) in [7, 11) is 0. The number of hydrogen-bond donors (Lipinski definition) is 0. The van der Waals surface area contributed by atoms with Gasteiger partial charge in [0.15, 0.2) is 0 Å². The van der Waals surface area contributed by atoms with Crippen molar-refractivity contribution in [3.63, 3.8) is 0 Å². The Morgan fingerprint density at radius 3 is 2.08 bits per heavy atom. The Morgan fingerprint density at radius 1 is 1.17 bits per heavy atom.